The van der Waals surface area contributed by atoms with Crippen LogP contribution in [0.2, 0.25) is 0 Å². The quantitative estimate of drug-likeness (QED) is 0.377. The minimum absolute atomic E-state index is 0.0732. The van der Waals surface area contributed by atoms with Crippen LogP contribution < -0.4 is 5.32 Å². The maximum atomic E-state index is 9.28. The third kappa shape index (κ3) is 4.43. The summed E-state index contributed by atoms with van der Waals surface area (Å²) >= 11 is 0. The van der Waals surface area contributed by atoms with Crippen LogP contribution in [0, 0.1) is 0 Å². The van der Waals surface area contributed by atoms with E-state index in [-0.39, 0.29) is 11.5 Å². The SMILES string of the molecule is CCCCCCCNc1ccc(O)c(O)c1. The smallest absolute Gasteiger partial charge is 0.159 e. The van der Waals surface area contributed by atoms with Crippen molar-refractivity contribution in [3.8, 4) is 11.5 Å². The molecule has 0 fully saturated rings. The van der Waals surface area contributed by atoms with Crippen molar-refractivity contribution >= 4 is 5.69 Å². The highest BCUT2D eigenvalue weighted by Crippen LogP contribution is 2.27. The van der Waals surface area contributed by atoms with Gasteiger partial charge in [0.05, 0.1) is 0 Å². The van der Waals surface area contributed by atoms with E-state index in [4.69, 9.17) is 5.11 Å². The second kappa shape index (κ2) is 6.99. The molecule has 3 N–H and O–H groups in total. The third-order valence-electron chi connectivity index (χ3n) is 2.58. The third-order valence-corrected chi connectivity index (χ3v) is 2.58. The predicted octanol–water partition coefficient (Wildman–Crippen LogP) is 3.48. The lowest BCUT2D eigenvalue weighted by Crippen LogP contribution is -2.00. The van der Waals surface area contributed by atoms with Gasteiger partial charge in [0, 0.05) is 18.3 Å². The molecule has 0 saturated carbocycles. The molecular weight excluding hydrogens is 202 g/mol. The summed E-state index contributed by atoms with van der Waals surface area (Å²) in [6.07, 6.45) is 6.24. The van der Waals surface area contributed by atoms with Crippen LogP contribution in [-0.2, 0) is 0 Å². The minimum atomic E-state index is -0.0755. The lowest BCUT2D eigenvalue weighted by atomic mass is 10.1. The van der Waals surface area contributed by atoms with E-state index in [1.54, 1.807) is 12.1 Å². The Balaban J connectivity index is 2.19. The Hall–Kier alpha value is -1.38. The van der Waals surface area contributed by atoms with Crippen molar-refractivity contribution in [2.75, 3.05) is 11.9 Å². The van der Waals surface area contributed by atoms with Crippen LogP contribution in [0.3, 0.4) is 0 Å². The molecule has 90 valence electrons. The van der Waals surface area contributed by atoms with E-state index in [0.29, 0.717) is 0 Å². The Morgan fingerprint density at radius 1 is 1.00 bits per heavy atom. The van der Waals surface area contributed by atoms with Crippen LogP contribution in [0.1, 0.15) is 39.0 Å². The lowest BCUT2D eigenvalue weighted by molar-refractivity contribution is 0.404. The molecule has 0 aliphatic rings. The van der Waals surface area contributed by atoms with Crippen LogP contribution in [0.5, 0.6) is 11.5 Å². The Bertz CT molecular complexity index is 313. The van der Waals surface area contributed by atoms with Gasteiger partial charge in [-0.3, -0.25) is 0 Å². The fraction of sp³-hybridized carbons (Fsp3) is 0.538. The van der Waals surface area contributed by atoms with Gasteiger partial charge in [0.25, 0.3) is 0 Å². The van der Waals surface area contributed by atoms with Crippen LogP contribution in [0.15, 0.2) is 18.2 Å². The first-order chi connectivity index (χ1) is 7.74. The molecular formula is C13H21NO2. The molecule has 1 rings (SSSR count). The number of unbranched alkanes of at least 4 members (excludes halogenated alkanes) is 4. The van der Waals surface area contributed by atoms with E-state index in [9.17, 15) is 5.11 Å². The summed E-state index contributed by atoms with van der Waals surface area (Å²) in [5.41, 5.74) is 0.853. The Morgan fingerprint density at radius 3 is 2.44 bits per heavy atom. The number of aromatic hydroxyl groups is 2. The van der Waals surface area contributed by atoms with Gasteiger partial charge in [0.15, 0.2) is 11.5 Å². The number of benzene rings is 1. The second-order valence-corrected chi connectivity index (χ2v) is 4.04. The Labute approximate surface area is 97.1 Å². The van der Waals surface area contributed by atoms with E-state index in [1.807, 2.05) is 0 Å². The van der Waals surface area contributed by atoms with Gasteiger partial charge in [-0.15, -0.1) is 0 Å². The van der Waals surface area contributed by atoms with Crippen LogP contribution in [0.25, 0.3) is 0 Å². The van der Waals surface area contributed by atoms with Crippen molar-refractivity contribution in [3.63, 3.8) is 0 Å². The standard InChI is InChI=1S/C13H21NO2/c1-2-3-4-5-6-9-14-11-7-8-12(15)13(16)10-11/h7-8,10,14-16H,2-6,9H2,1H3. The molecule has 3 nitrogen and oxygen atoms in total. The second-order valence-electron chi connectivity index (χ2n) is 4.04. The van der Waals surface area contributed by atoms with Crippen molar-refractivity contribution in [1.29, 1.82) is 0 Å². The molecule has 3 heteroatoms. The van der Waals surface area contributed by atoms with Gasteiger partial charge >= 0.3 is 0 Å². The molecule has 0 aromatic heterocycles. The predicted molar refractivity (Wildman–Crippen MR) is 67.0 cm³/mol. The average Bonchev–Trinajstić information content (AvgIpc) is 2.28. The van der Waals surface area contributed by atoms with Crippen LogP contribution in [0.4, 0.5) is 5.69 Å². The Morgan fingerprint density at radius 2 is 1.75 bits per heavy atom. The van der Waals surface area contributed by atoms with E-state index in [1.165, 1.54) is 31.7 Å². The minimum Gasteiger partial charge on any atom is -0.504 e. The van der Waals surface area contributed by atoms with Gasteiger partial charge in [-0.2, -0.15) is 0 Å². The number of hydrogen-bond acceptors (Lipinski definition) is 3. The summed E-state index contributed by atoms with van der Waals surface area (Å²) in [4.78, 5) is 0. The molecule has 0 atom stereocenters. The molecule has 0 aliphatic carbocycles. The fourth-order valence-electron chi connectivity index (χ4n) is 1.59. The monoisotopic (exact) mass is 223 g/mol. The molecule has 16 heavy (non-hydrogen) atoms. The molecule has 1 aromatic rings. The first-order valence-electron chi connectivity index (χ1n) is 6.00. The van der Waals surface area contributed by atoms with Gasteiger partial charge in [-0.1, -0.05) is 32.6 Å². The highest BCUT2D eigenvalue weighted by molar-refractivity contribution is 5.53. The van der Waals surface area contributed by atoms with Gasteiger partial charge in [-0.05, 0) is 18.6 Å². The van der Waals surface area contributed by atoms with Gasteiger partial charge < -0.3 is 15.5 Å². The van der Waals surface area contributed by atoms with E-state index < -0.39 is 0 Å². The number of nitrogens with one attached hydrogen (secondary N) is 1. The molecule has 0 aliphatic heterocycles. The zero-order valence-corrected chi connectivity index (χ0v) is 9.87. The number of hydrogen-bond donors (Lipinski definition) is 3. The highest BCUT2D eigenvalue weighted by Gasteiger charge is 1.99. The van der Waals surface area contributed by atoms with Gasteiger partial charge in [-0.25, -0.2) is 0 Å². The first-order valence-corrected chi connectivity index (χ1v) is 6.00. The number of phenolic OH excluding ortho intramolecular Hbond substituents is 2. The average molecular weight is 223 g/mol. The van der Waals surface area contributed by atoms with Gasteiger partial charge in [0.1, 0.15) is 0 Å². The largest absolute Gasteiger partial charge is 0.504 e. The summed E-state index contributed by atoms with van der Waals surface area (Å²) in [7, 11) is 0. The zero-order chi connectivity index (χ0) is 11.8. The summed E-state index contributed by atoms with van der Waals surface area (Å²) < 4.78 is 0. The van der Waals surface area contributed by atoms with Crippen LogP contribution in [-0.4, -0.2) is 16.8 Å². The summed E-state index contributed by atoms with van der Waals surface area (Å²) in [6.45, 7) is 3.12. The van der Waals surface area contributed by atoms with Gasteiger partial charge in [0.2, 0.25) is 0 Å². The topological polar surface area (TPSA) is 52.5 Å². The normalized spacial score (nSPS) is 10.3. The van der Waals surface area contributed by atoms with Crippen molar-refractivity contribution in [2.45, 2.75) is 39.0 Å². The van der Waals surface area contributed by atoms with E-state index >= 15 is 0 Å². The summed E-state index contributed by atoms with van der Waals surface area (Å²) in [5.74, 6) is -0.149. The van der Waals surface area contributed by atoms with Crippen molar-refractivity contribution in [1.82, 2.24) is 0 Å². The molecule has 1 aromatic carbocycles. The van der Waals surface area contributed by atoms with Crippen molar-refractivity contribution in [3.05, 3.63) is 18.2 Å². The van der Waals surface area contributed by atoms with E-state index in [0.717, 1.165) is 18.7 Å². The number of phenols is 2. The molecule has 0 unspecified atom stereocenters. The lowest BCUT2D eigenvalue weighted by Gasteiger charge is -2.07. The maximum Gasteiger partial charge on any atom is 0.159 e. The van der Waals surface area contributed by atoms with E-state index in [2.05, 4.69) is 12.2 Å². The molecule has 0 saturated heterocycles. The molecule has 0 radical (unpaired) electrons. The molecule has 0 amide bonds. The molecule has 0 spiro atoms. The number of anilines is 1. The maximum absolute atomic E-state index is 9.28. The summed E-state index contributed by atoms with van der Waals surface area (Å²) in [6, 6.07) is 4.80. The summed E-state index contributed by atoms with van der Waals surface area (Å²) in [5, 5.41) is 21.6. The van der Waals surface area contributed by atoms with Crippen molar-refractivity contribution < 1.29 is 10.2 Å². The molecule has 0 heterocycles. The van der Waals surface area contributed by atoms with Crippen molar-refractivity contribution in [2.24, 2.45) is 0 Å². The van der Waals surface area contributed by atoms with Crippen LogP contribution >= 0.6 is 0 Å². The Kier molecular flexibility index (Phi) is 5.54. The first kappa shape index (κ1) is 12.7. The highest BCUT2D eigenvalue weighted by atomic mass is 16.3. The zero-order valence-electron chi connectivity index (χ0n) is 9.87. The molecule has 0 bridgehead atoms. The number of rotatable bonds is 7. The fourth-order valence-corrected chi connectivity index (χ4v) is 1.59.